The zero-order chi connectivity index (χ0) is 15.4. The van der Waals surface area contributed by atoms with Crippen molar-refractivity contribution >= 4 is 7.85 Å². The van der Waals surface area contributed by atoms with Crippen molar-refractivity contribution in [2.24, 2.45) is 0 Å². The Bertz CT molecular complexity index is 578. The van der Waals surface area contributed by atoms with Crippen molar-refractivity contribution in [2.45, 2.75) is 44.4 Å². The summed E-state index contributed by atoms with van der Waals surface area (Å²) in [5, 5.41) is 0. The van der Waals surface area contributed by atoms with Crippen molar-refractivity contribution in [3.8, 4) is 5.88 Å². The van der Waals surface area contributed by atoms with Crippen LogP contribution >= 0.6 is 0 Å². The molecule has 2 radical (unpaired) electrons. The smallest absolute Gasteiger partial charge is 0.213 e. The van der Waals surface area contributed by atoms with E-state index in [1.54, 1.807) is 0 Å². The molecule has 0 bridgehead atoms. The molecular weight excluding hydrogens is 273 g/mol. The summed E-state index contributed by atoms with van der Waals surface area (Å²) in [6, 6.07) is 14.0. The van der Waals surface area contributed by atoms with Crippen molar-refractivity contribution < 1.29 is 9.47 Å². The van der Waals surface area contributed by atoms with Gasteiger partial charge in [0.05, 0.1) is 20.1 Å². The van der Waals surface area contributed by atoms with Crippen LogP contribution in [0.25, 0.3) is 0 Å². The number of hydrogen-bond acceptors (Lipinski definition) is 3. The molecule has 1 aliphatic heterocycles. The fourth-order valence-corrected chi connectivity index (χ4v) is 2.80. The Kier molecular flexibility index (Phi) is 4.79. The molecular formula is C18H20BNO2. The minimum absolute atomic E-state index is 0.0365. The van der Waals surface area contributed by atoms with E-state index in [0.29, 0.717) is 12.5 Å². The van der Waals surface area contributed by atoms with Gasteiger partial charge in [-0.05, 0) is 37.0 Å². The number of aromatic nitrogens is 1. The Morgan fingerprint density at radius 1 is 1.18 bits per heavy atom. The van der Waals surface area contributed by atoms with Gasteiger partial charge in [0, 0.05) is 12.3 Å². The third-order valence-corrected chi connectivity index (χ3v) is 3.91. The molecule has 0 aliphatic carbocycles. The predicted octanol–water partition coefficient (Wildman–Crippen LogP) is 3.86. The van der Waals surface area contributed by atoms with Crippen LogP contribution in [0.1, 0.15) is 37.0 Å². The van der Waals surface area contributed by atoms with E-state index in [4.69, 9.17) is 17.3 Å². The molecule has 3 rings (SSSR count). The van der Waals surface area contributed by atoms with E-state index in [9.17, 15) is 0 Å². The van der Waals surface area contributed by atoms with Crippen LogP contribution in [0.5, 0.6) is 5.88 Å². The van der Waals surface area contributed by atoms with Crippen LogP contribution in [0, 0.1) is 0 Å². The molecule has 3 atom stereocenters. The van der Waals surface area contributed by atoms with E-state index >= 15 is 0 Å². The topological polar surface area (TPSA) is 31.4 Å². The standard InChI is InChI=1S/C18H20BNO2/c1-13-9-16(19)10-17(22-13)15-7-8-18(20-11-15)21-12-14-5-3-2-4-6-14/h2-8,11,13,16-17H,9-10,12H2,1H3/t13-,16+,17-/m1/s1. The van der Waals surface area contributed by atoms with Gasteiger partial charge in [0.2, 0.25) is 5.88 Å². The lowest BCUT2D eigenvalue weighted by atomic mass is 9.76. The zero-order valence-electron chi connectivity index (χ0n) is 12.8. The van der Waals surface area contributed by atoms with Crippen molar-refractivity contribution in [3.05, 3.63) is 59.8 Å². The lowest BCUT2D eigenvalue weighted by Gasteiger charge is -2.32. The maximum Gasteiger partial charge on any atom is 0.213 e. The summed E-state index contributed by atoms with van der Waals surface area (Å²) in [6.45, 7) is 2.59. The molecule has 0 unspecified atom stereocenters. The highest BCUT2D eigenvalue weighted by Gasteiger charge is 2.25. The molecule has 0 amide bonds. The molecule has 22 heavy (non-hydrogen) atoms. The molecule has 1 aliphatic rings. The highest BCUT2D eigenvalue weighted by Crippen LogP contribution is 2.36. The molecule has 4 heteroatoms. The van der Waals surface area contributed by atoms with Gasteiger partial charge in [-0.15, -0.1) is 0 Å². The van der Waals surface area contributed by atoms with Gasteiger partial charge in [0.1, 0.15) is 6.61 Å². The summed E-state index contributed by atoms with van der Waals surface area (Å²) < 4.78 is 11.7. The largest absolute Gasteiger partial charge is 0.473 e. The average molecular weight is 293 g/mol. The van der Waals surface area contributed by atoms with E-state index in [1.165, 1.54) is 0 Å². The molecule has 3 nitrogen and oxygen atoms in total. The Hall–Kier alpha value is -1.81. The van der Waals surface area contributed by atoms with Crippen LogP contribution in [-0.2, 0) is 11.3 Å². The predicted molar refractivity (Wildman–Crippen MR) is 87.0 cm³/mol. The van der Waals surface area contributed by atoms with Crippen LogP contribution in [-0.4, -0.2) is 18.9 Å². The SMILES string of the molecule is [B][C@H]1C[C@@H](C)O[C@@H](c2ccc(OCc3ccccc3)nc2)C1. The first-order valence-electron chi connectivity index (χ1n) is 7.74. The van der Waals surface area contributed by atoms with E-state index < -0.39 is 0 Å². The summed E-state index contributed by atoms with van der Waals surface area (Å²) in [5.41, 5.74) is 2.19. The van der Waals surface area contributed by atoms with Gasteiger partial charge in [-0.2, -0.15) is 0 Å². The normalized spacial score (nSPS) is 24.9. The lowest BCUT2D eigenvalue weighted by molar-refractivity contribution is -0.0410. The van der Waals surface area contributed by atoms with Crippen LogP contribution in [0.15, 0.2) is 48.7 Å². The van der Waals surface area contributed by atoms with Crippen LogP contribution in [0.2, 0.25) is 5.82 Å². The number of ether oxygens (including phenoxy) is 2. The first-order valence-corrected chi connectivity index (χ1v) is 7.74. The van der Waals surface area contributed by atoms with Gasteiger partial charge in [-0.1, -0.05) is 36.1 Å². The minimum Gasteiger partial charge on any atom is -0.473 e. The van der Waals surface area contributed by atoms with E-state index in [1.807, 2.05) is 48.7 Å². The Balaban J connectivity index is 1.60. The molecule has 0 spiro atoms. The van der Waals surface area contributed by atoms with Crippen LogP contribution in [0.3, 0.4) is 0 Å². The lowest BCUT2D eigenvalue weighted by Crippen LogP contribution is -2.23. The molecule has 0 saturated carbocycles. The molecule has 2 heterocycles. The molecule has 0 N–H and O–H groups in total. The summed E-state index contributed by atoms with van der Waals surface area (Å²) in [7, 11) is 6.07. The Morgan fingerprint density at radius 2 is 2.00 bits per heavy atom. The molecule has 1 aromatic carbocycles. The summed E-state index contributed by atoms with van der Waals surface area (Å²) >= 11 is 0. The highest BCUT2D eigenvalue weighted by atomic mass is 16.5. The number of hydrogen-bond donors (Lipinski definition) is 0. The first-order chi connectivity index (χ1) is 10.7. The molecule has 1 aromatic heterocycles. The third-order valence-electron chi connectivity index (χ3n) is 3.91. The summed E-state index contributed by atoms with van der Waals surface area (Å²) in [5.74, 6) is 0.823. The molecule has 112 valence electrons. The second kappa shape index (κ2) is 6.97. The van der Waals surface area contributed by atoms with Crippen molar-refractivity contribution in [2.75, 3.05) is 0 Å². The van der Waals surface area contributed by atoms with E-state index in [0.717, 1.165) is 24.0 Å². The fraction of sp³-hybridized carbons (Fsp3) is 0.389. The number of rotatable bonds is 4. The van der Waals surface area contributed by atoms with Crippen molar-refractivity contribution in [3.63, 3.8) is 0 Å². The monoisotopic (exact) mass is 293 g/mol. The van der Waals surface area contributed by atoms with Crippen LogP contribution < -0.4 is 4.74 Å². The van der Waals surface area contributed by atoms with E-state index in [2.05, 4.69) is 11.9 Å². The third kappa shape index (κ3) is 3.89. The van der Waals surface area contributed by atoms with Gasteiger partial charge in [0.15, 0.2) is 0 Å². The van der Waals surface area contributed by atoms with E-state index in [-0.39, 0.29) is 18.0 Å². The van der Waals surface area contributed by atoms with Crippen LogP contribution in [0.4, 0.5) is 0 Å². The first kappa shape index (κ1) is 15.1. The van der Waals surface area contributed by atoms with Gasteiger partial charge in [-0.3, -0.25) is 0 Å². The Labute approximate surface area is 133 Å². The van der Waals surface area contributed by atoms with Crippen molar-refractivity contribution in [1.82, 2.24) is 4.98 Å². The second-order valence-electron chi connectivity index (χ2n) is 5.87. The zero-order valence-corrected chi connectivity index (χ0v) is 12.8. The molecule has 1 fully saturated rings. The van der Waals surface area contributed by atoms with Gasteiger partial charge in [-0.25, -0.2) is 4.98 Å². The maximum atomic E-state index is 6.07. The summed E-state index contributed by atoms with van der Waals surface area (Å²) in [6.07, 6.45) is 3.82. The quantitative estimate of drug-likeness (QED) is 0.802. The minimum atomic E-state index is 0.0365. The second-order valence-corrected chi connectivity index (χ2v) is 5.87. The highest BCUT2D eigenvalue weighted by molar-refractivity contribution is 6.11. The maximum absolute atomic E-state index is 6.07. The summed E-state index contributed by atoms with van der Waals surface area (Å²) in [4.78, 5) is 4.38. The molecule has 1 saturated heterocycles. The number of pyridine rings is 1. The molecule has 2 aromatic rings. The van der Waals surface area contributed by atoms with Crippen molar-refractivity contribution in [1.29, 1.82) is 0 Å². The number of nitrogens with zero attached hydrogens (tertiary/aromatic N) is 1. The average Bonchev–Trinajstić information content (AvgIpc) is 2.53. The fourth-order valence-electron chi connectivity index (χ4n) is 2.80. The number of benzene rings is 1. The van der Waals surface area contributed by atoms with Gasteiger partial charge >= 0.3 is 0 Å². The van der Waals surface area contributed by atoms with Gasteiger partial charge < -0.3 is 9.47 Å². The Morgan fingerprint density at radius 3 is 2.68 bits per heavy atom. The van der Waals surface area contributed by atoms with Gasteiger partial charge in [0.25, 0.3) is 0 Å².